The van der Waals surface area contributed by atoms with E-state index in [9.17, 15) is 0 Å². The van der Waals surface area contributed by atoms with Gasteiger partial charge in [0.05, 0.1) is 12.7 Å². The highest BCUT2D eigenvalue weighted by Crippen LogP contribution is 2.16. The zero-order chi connectivity index (χ0) is 7.68. The van der Waals surface area contributed by atoms with Gasteiger partial charge >= 0.3 is 0 Å². The van der Waals surface area contributed by atoms with E-state index in [1.54, 1.807) is 18.0 Å². The Morgan fingerprint density at radius 3 is 3.55 bits per heavy atom. The fraction of sp³-hybridized carbons (Fsp3) is 0.571. The normalized spacial score (nSPS) is 22.5. The van der Waals surface area contributed by atoms with Crippen LogP contribution in [0.5, 0.6) is 5.88 Å². The van der Waals surface area contributed by atoms with Crippen LogP contribution in [-0.2, 0) is 11.3 Å². The van der Waals surface area contributed by atoms with Crippen LogP contribution in [0, 0.1) is 0 Å². The predicted molar refractivity (Wildman–Crippen MR) is 38.5 cm³/mol. The van der Waals surface area contributed by atoms with Gasteiger partial charge in [-0.25, -0.2) is 4.68 Å². The molecule has 0 saturated heterocycles. The number of nitrogens with zero attached hydrogens (tertiary/aromatic N) is 2. The number of ether oxygens (including phenoxy) is 2. The van der Waals surface area contributed by atoms with E-state index in [2.05, 4.69) is 5.10 Å². The van der Waals surface area contributed by atoms with E-state index in [0.717, 1.165) is 12.4 Å². The molecule has 0 N–H and O–H groups in total. The molecule has 1 unspecified atom stereocenters. The highest BCUT2D eigenvalue weighted by Gasteiger charge is 2.18. The second-order valence-electron chi connectivity index (χ2n) is 2.52. The minimum absolute atomic E-state index is 0.141. The number of hydrogen-bond acceptors (Lipinski definition) is 3. The third-order valence-electron chi connectivity index (χ3n) is 1.80. The third kappa shape index (κ3) is 1.09. The first-order valence-electron chi connectivity index (χ1n) is 3.57. The summed E-state index contributed by atoms with van der Waals surface area (Å²) in [6, 6.07) is 1.85. The number of aromatic nitrogens is 2. The van der Waals surface area contributed by atoms with Crippen LogP contribution < -0.4 is 4.74 Å². The molecule has 4 heteroatoms. The first-order valence-corrected chi connectivity index (χ1v) is 3.57. The van der Waals surface area contributed by atoms with Crippen molar-refractivity contribution in [3.8, 4) is 5.88 Å². The van der Waals surface area contributed by atoms with Gasteiger partial charge in [-0.2, -0.15) is 5.10 Å². The molecule has 0 aromatic carbocycles. The van der Waals surface area contributed by atoms with Gasteiger partial charge in [-0.05, 0) is 0 Å². The lowest BCUT2D eigenvalue weighted by atomic mass is 10.3. The quantitative estimate of drug-likeness (QED) is 0.583. The Morgan fingerprint density at radius 1 is 1.82 bits per heavy atom. The Morgan fingerprint density at radius 2 is 2.73 bits per heavy atom. The molecule has 0 radical (unpaired) electrons. The molecule has 1 aliphatic rings. The van der Waals surface area contributed by atoms with Crippen molar-refractivity contribution in [2.24, 2.45) is 0 Å². The van der Waals surface area contributed by atoms with Crippen molar-refractivity contribution in [3.05, 3.63) is 12.3 Å². The SMILES string of the molecule is COC1COc2ccnn2C1. The van der Waals surface area contributed by atoms with Gasteiger partial charge in [0, 0.05) is 13.2 Å². The molecule has 0 spiro atoms. The van der Waals surface area contributed by atoms with E-state index in [4.69, 9.17) is 9.47 Å². The Kier molecular flexibility index (Phi) is 1.54. The second-order valence-corrected chi connectivity index (χ2v) is 2.52. The lowest BCUT2D eigenvalue weighted by Crippen LogP contribution is -2.31. The largest absolute Gasteiger partial charge is 0.475 e. The smallest absolute Gasteiger partial charge is 0.211 e. The highest BCUT2D eigenvalue weighted by molar-refractivity contribution is 5.09. The summed E-state index contributed by atoms with van der Waals surface area (Å²) in [6.07, 6.45) is 1.87. The van der Waals surface area contributed by atoms with Gasteiger partial charge in [-0.15, -0.1) is 0 Å². The van der Waals surface area contributed by atoms with Gasteiger partial charge in [-0.1, -0.05) is 0 Å². The van der Waals surface area contributed by atoms with Crippen LogP contribution in [0.15, 0.2) is 12.3 Å². The van der Waals surface area contributed by atoms with Crippen molar-refractivity contribution < 1.29 is 9.47 Å². The van der Waals surface area contributed by atoms with Gasteiger partial charge in [0.1, 0.15) is 12.7 Å². The molecule has 2 heterocycles. The first-order chi connectivity index (χ1) is 5.40. The summed E-state index contributed by atoms with van der Waals surface area (Å²) in [5, 5.41) is 4.07. The number of rotatable bonds is 1. The summed E-state index contributed by atoms with van der Waals surface area (Å²) < 4.78 is 12.3. The Hall–Kier alpha value is -1.03. The van der Waals surface area contributed by atoms with E-state index in [0.29, 0.717) is 6.61 Å². The molecule has 1 aromatic heterocycles. The van der Waals surface area contributed by atoms with Crippen molar-refractivity contribution in [2.75, 3.05) is 13.7 Å². The van der Waals surface area contributed by atoms with Gasteiger partial charge in [0.2, 0.25) is 5.88 Å². The molecule has 1 atom stereocenters. The number of methoxy groups -OCH3 is 1. The minimum Gasteiger partial charge on any atom is -0.475 e. The fourth-order valence-electron chi connectivity index (χ4n) is 1.15. The average Bonchev–Trinajstić information content (AvgIpc) is 2.50. The number of hydrogen-bond donors (Lipinski definition) is 0. The van der Waals surface area contributed by atoms with Crippen LogP contribution in [0.25, 0.3) is 0 Å². The molecule has 0 saturated carbocycles. The molecule has 0 bridgehead atoms. The van der Waals surface area contributed by atoms with Crippen molar-refractivity contribution in [2.45, 2.75) is 12.6 Å². The van der Waals surface area contributed by atoms with Gasteiger partial charge in [0.15, 0.2) is 0 Å². The standard InChI is InChI=1S/C7H10N2O2/c1-10-6-4-9-7(11-5-6)2-3-8-9/h2-3,6H,4-5H2,1H3. The molecule has 60 valence electrons. The van der Waals surface area contributed by atoms with Crippen LogP contribution in [0.3, 0.4) is 0 Å². The van der Waals surface area contributed by atoms with E-state index in [1.807, 2.05) is 6.07 Å². The van der Waals surface area contributed by atoms with Crippen molar-refractivity contribution >= 4 is 0 Å². The molecule has 4 nitrogen and oxygen atoms in total. The summed E-state index contributed by atoms with van der Waals surface area (Å²) in [7, 11) is 1.68. The molecule has 0 amide bonds. The van der Waals surface area contributed by atoms with Gasteiger partial charge in [0.25, 0.3) is 0 Å². The highest BCUT2D eigenvalue weighted by atomic mass is 16.5. The van der Waals surface area contributed by atoms with Crippen molar-refractivity contribution in [1.29, 1.82) is 0 Å². The first kappa shape index (κ1) is 6.67. The third-order valence-corrected chi connectivity index (χ3v) is 1.80. The lowest BCUT2D eigenvalue weighted by Gasteiger charge is -2.22. The zero-order valence-corrected chi connectivity index (χ0v) is 6.36. The molecular formula is C7H10N2O2. The zero-order valence-electron chi connectivity index (χ0n) is 6.36. The van der Waals surface area contributed by atoms with Gasteiger partial charge in [-0.3, -0.25) is 0 Å². The topological polar surface area (TPSA) is 36.3 Å². The summed E-state index contributed by atoms with van der Waals surface area (Å²) >= 11 is 0. The minimum atomic E-state index is 0.141. The summed E-state index contributed by atoms with van der Waals surface area (Å²) in [5.74, 6) is 0.832. The average molecular weight is 154 g/mol. The molecule has 1 aliphatic heterocycles. The maximum absolute atomic E-state index is 5.34. The predicted octanol–water partition coefficient (Wildman–Crippen LogP) is 0.290. The Bertz CT molecular complexity index is 246. The van der Waals surface area contributed by atoms with Crippen molar-refractivity contribution in [1.82, 2.24) is 9.78 Å². The van der Waals surface area contributed by atoms with E-state index < -0.39 is 0 Å². The number of fused-ring (bicyclic) bond motifs is 1. The van der Waals surface area contributed by atoms with Crippen LogP contribution in [-0.4, -0.2) is 29.6 Å². The van der Waals surface area contributed by atoms with E-state index in [1.165, 1.54) is 0 Å². The van der Waals surface area contributed by atoms with Crippen LogP contribution in [0.1, 0.15) is 0 Å². The molecule has 11 heavy (non-hydrogen) atoms. The van der Waals surface area contributed by atoms with Crippen LogP contribution >= 0.6 is 0 Å². The Balaban J connectivity index is 2.18. The Labute approximate surface area is 64.7 Å². The molecule has 0 fully saturated rings. The van der Waals surface area contributed by atoms with E-state index >= 15 is 0 Å². The molecular weight excluding hydrogens is 144 g/mol. The van der Waals surface area contributed by atoms with Crippen molar-refractivity contribution in [3.63, 3.8) is 0 Å². The van der Waals surface area contributed by atoms with Crippen LogP contribution in [0.2, 0.25) is 0 Å². The van der Waals surface area contributed by atoms with E-state index in [-0.39, 0.29) is 6.10 Å². The monoisotopic (exact) mass is 154 g/mol. The maximum Gasteiger partial charge on any atom is 0.211 e. The lowest BCUT2D eigenvalue weighted by molar-refractivity contribution is 0.0179. The van der Waals surface area contributed by atoms with Crippen LogP contribution in [0.4, 0.5) is 0 Å². The fourth-order valence-corrected chi connectivity index (χ4v) is 1.15. The maximum atomic E-state index is 5.34. The summed E-state index contributed by atoms with van der Waals surface area (Å²) in [5.41, 5.74) is 0. The molecule has 1 aromatic rings. The second kappa shape index (κ2) is 2.54. The summed E-state index contributed by atoms with van der Waals surface area (Å²) in [6.45, 7) is 1.42. The molecule has 2 rings (SSSR count). The molecule has 0 aliphatic carbocycles. The van der Waals surface area contributed by atoms with Gasteiger partial charge < -0.3 is 9.47 Å². The summed E-state index contributed by atoms with van der Waals surface area (Å²) in [4.78, 5) is 0.